The Balaban J connectivity index is 1.27. The van der Waals surface area contributed by atoms with E-state index >= 15 is 0 Å². The number of carbonyl (C=O) groups is 1. The van der Waals surface area contributed by atoms with Gasteiger partial charge in [-0.3, -0.25) is 4.79 Å². The van der Waals surface area contributed by atoms with Gasteiger partial charge in [-0.25, -0.2) is 9.97 Å². The molecule has 4 aromatic rings. The highest BCUT2D eigenvalue weighted by Crippen LogP contribution is 2.27. The smallest absolute Gasteiger partial charge is 0.254 e. The number of carbonyl (C=O) groups excluding carboxylic acids is 1. The second-order valence-corrected chi connectivity index (χ2v) is 8.27. The van der Waals surface area contributed by atoms with Gasteiger partial charge in [0.15, 0.2) is 0 Å². The van der Waals surface area contributed by atoms with E-state index < -0.39 is 0 Å². The number of rotatable bonds is 5. The van der Waals surface area contributed by atoms with Crippen molar-refractivity contribution in [3.63, 3.8) is 0 Å². The Labute approximate surface area is 184 Å². The maximum Gasteiger partial charge on any atom is 0.254 e. The minimum atomic E-state index is 0.0512. The summed E-state index contributed by atoms with van der Waals surface area (Å²) in [5, 5.41) is 3.12. The number of ether oxygens (including phenoxy) is 1. The molecule has 2 aromatic carbocycles. The molecule has 1 fully saturated rings. The van der Waals surface area contributed by atoms with E-state index in [-0.39, 0.29) is 5.91 Å². The zero-order valence-electron chi connectivity index (χ0n) is 17.0. The molecule has 0 N–H and O–H groups in total. The van der Waals surface area contributed by atoms with Crippen molar-refractivity contribution in [2.24, 2.45) is 0 Å². The van der Waals surface area contributed by atoms with Gasteiger partial charge in [0.2, 0.25) is 0 Å². The molecule has 3 heterocycles. The standard InChI is InChI=1S/C24H22N4O2S/c29-24(20-9-5-4-6-18(20)16-30-19-7-2-1-3-8-19)28-13-11-27(12-14-28)22-21-10-15-31-23(21)26-17-25-22/h1-10,15,17H,11-14,16H2. The first kappa shape index (κ1) is 19.5. The van der Waals surface area contributed by atoms with Crippen molar-refractivity contribution < 1.29 is 9.53 Å². The van der Waals surface area contributed by atoms with E-state index in [1.54, 1.807) is 17.7 Å². The third kappa shape index (κ3) is 4.09. The lowest BCUT2D eigenvalue weighted by molar-refractivity contribution is 0.0744. The minimum Gasteiger partial charge on any atom is -0.489 e. The van der Waals surface area contributed by atoms with Gasteiger partial charge in [0.05, 0.1) is 5.39 Å². The Morgan fingerprint density at radius 1 is 0.935 bits per heavy atom. The molecule has 0 saturated carbocycles. The summed E-state index contributed by atoms with van der Waals surface area (Å²) in [4.78, 5) is 27.3. The normalized spacial score (nSPS) is 14.1. The van der Waals surface area contributed by atoms with Crippen LogP contribution in [0.1, 0.15) is 15.9 Å². The van der Waals surface area contributed by atoms with Crippen LogP contribution in [0.2, 0.25) is 0 Å². The summed E-state index contributed by atoms with van der Waals surface area (Å²) in [6.07, 6.45) is 1.62. The number of hydrogen-bond donors (Lipinski definition) is 0. The monoisotopic (exact) mass is 430 g/mol. The van der Waals surface area contributed by atoms with Crippen LogP contribution in [0, 0.1) is 0 Å². The van der Waals surface area contributed by atoms with Crippen LogP contribution in [0.25, 0.3) is 10.2 Å². The summed E-state index contributed by atoms with van der Waals surface area (Å²) in [5.74, 6) is 1.80. The van der Waals surface area contributed by atoms with Gasteiger partial charge in [0.1, 0.15) is 29.3 Å². The summed E-state index contributed by atoms with van der Waals surface area (Å²) < 4.78 is 5.89. The number of piperazine rings is 1. The molecule has 0 spiro atoms. The molecule has 1 aliphatic rings. The Kier molecular flexibility index (Phi) is 5.50. The molecule has 156 valence electrons. The molecular weight excluding hydrogens is 408 g/mol. The van der Waals surface area contributed by atoms with Gasteiger partial charge in [0, 0.05) is 37.3 Å². The molecule has 7 heteroatoms. The van der Waals surface area contributed by atoms with Crippen LogP contribution in [-0.2, 0) is 6.61 Å². The van der Waals surface area contributed by atoms with Crippen molar-refractivity contribution >= 4 is 33.3 Å². The third-order valence-electron chi connectivity index (χ3n) is 5.49. The topological polar surface area (TPSA) is 58.6 Å². The van der Waals surface area contributed by atoms with Crippen LogP contribution >= 0.6 is 11.3 Å². The van der Waals surface area contributed by atoms with Crippen LogP contribution < -0.4 is 9.64 Å². The molecule has 1 amide bonds. The maximum atomic E-state index is 13.3. The Morgan fingerprint density at radius 3 is 2.55 bits per heavy atom. The predicted molar refractivity (Wildman–Crippen MR) is 123 cm³/mol. The number of nitrogens with zero attached hydrogens (tertiary/aromatic N) is 4. The SMILES string of the molecule is O=C(c1ccccc1COc1ccccc1)N1CCN(c2ncnc3sccc23)CC1. The Bertz CT molecular complexity index is 1190. The molecule has 0 atom stereocenters. The molecule has 0 radical (unpaired) electrons. The number of para-hydroxylation sites is 1. The predicted octanol–water partition coefficient (Wildman–Crippen LogP) is 4.23. The summed E-state index contributed by atoms with van der Waals surface area (Å²) in [6, 6.07) is 19.4. The van der Waals surface area contributed by atoms with Crippen molar-refractivity contribution in [1.82, 2.24) is 14.9 Å². The number of aromatic nitrogens is 2. The fraction of sp³-hybridized carbons (Fsp3) is 0.208. The quantitative estimate of drug-likeness (QED) is 0.474. The summed E-state index contributed by atoms with van der Waals surface area (Å²) >= 11 is 1.62. The van der Waals surface area contributed by atoms with E-state index in [0.717, 1.165) is 40.4 Å². The molecule has 1 aliphatic heterocycles. The van der Waals surface area contributed by atoms with Crippen molar-refractivity contribution in [2.45, 2.75) is 6.61 Å². The minimum absolute atomic E-state index is 0.0512. The maximum absolute atomic E-state index is 13.3. The number of benzene rings is 2. The highest BCUT2D eigenvalue weighted by atomic mass is 32.1. The number of hydrogen-bond acceptors (Lipinski definition) is 6. The highest BCUT2D eigenvalue weighted by molar-refractivity contribution is 7.16. The first-order valence-electron chi connectivity index (χ1n) is 10.3. The van der Waals surface area contributed by atoms with E-state index in [2.05, 4.69) is 20.9 Å². The number of amides is 1. The number of fused-ring (bicyclic) bond motifs is 1. The second kappa shape index (κ2) is 8.73. The molecule has 31 heavy (non-hydrogen) atoms. The van der Waals surface area contributed by atoms with E-state index in [9.17, 15) is 4.79 Å². The van der Waals surface area contributed by atoms with Crippen LogP contribution in [0.4, 0.5) is 5.82 Å². The van der Waals surface area contributed by atoms with Gasteiger partial charge in [-0.05, 0) is 29.6 Å². The van der Waals surface area contributed by atoms with Crippen molar-refractivity contribution in [2.75, 3.05) is 31.1 Å². The fourth-order valence-electron chi connectivity index (χ4n) is 3.85. The van der Waals surface area contributed by atoms with Crippen LogP contribution in [0.5, 0.6) is 5.75 Å². The third-order valence-corrected chi connectivity index (χ3v) is 6.31. The molecule has 6 nitrogen and oxygen atoms in total. The van der Waals surface area contributed by atoms with Gasteiger partial charge < -0.3 is 14.5 Å². The number of anilines is 1. The summed E-state index contributed by atoms with van der Waals surface area (Å²) in [5.41, 5.74) is 1.60. The van der Waals surface area contributed by atoms with Gasteiger partial charge in [0.25, 0.3) is 5.91 Å². The molecule has 2 aromatic heterocycles. The van der Waals surface area contributed by atoms with E-state index in [1.165, 1.54) is 0 Å². The van der Waals surface area contributed by atoms with E-state index in [0.29, 0.717) is 25.3 Å². The van der Waals surface area contributed by atoms with Crippen LogP contribution in [-0.4, -0.2) is 47.0 Å². The lowest BCUT2D eigenvalue weighted by Crippen LogP contribution is -2.49. The largest absolute Gasteiger partial charge is 0.489 e. The van der Waals surface area contributed by atoms with Crippen LogP contribution in [0.15, 0.2) is 72.4 Å². The average Bonchev–Trinajstić information content (AvgIpc) is 3.32. The Morgan fingerprint density at radius 2 is 1.71 bits per heavy atom. The zero-order chi connectivity index (χ0) is 21.0. The van der Waals surface area contributed by atoms with Gasteiger partial charge in [-0.15, -0.1) is 11.3 Å². The van der Waals surface area contributed by atoms with E-state index in [4.69, 9.17) is 4.74 Å². The Hall–Kier alpha value is -3.45. The second-order valence-electron chi connectivity index (χ2n) is 7.37. The van der Waals surface area contributed by atoms with Crippen LogP contribution in [0.3, 0.4) is 0 Å². The zero-order valence-corrected chi connectivity index (χ0v) is 17.8. The first-order chi connectivity index (χ1) is 15.3. The summed E-state index contributed by atoms with van der Waals surface area (Å²) in [6.45, 7) is 3.17. The fourth-order valence-corrected chi connectivity index (χ4v) is 4.58. The molecule has 0 aliphatic carbocycles. The molecule has 1 saturated heterocycles. The van der Waals surface area contributed by atoms with Crippen molar-refractivity contribution in [1.29, 1.82) is 0 Å². The lowest BCUT2D eigenvalue weighted by atomic mass is 10.1. The number of thiophene rings is 1. The molecular formula is C24H22N4O2S. The van der Waals surface area contributed by atoms with E-state index in [1.807, 2.05) is 64.9 Å². The average molecular weight is 431 g/mol. The van der Waals surface area contributed by atoms with Gasteiger partial charge in [-0.2, -0.15) is 0 Å². The van der Waals surface area contributed by atoms with Gasteiger partial charge >= 0.3 is 0 Å². The van der Waals surface area contributed by atoms with Crippen molar-refractivity contribution in [3.05, 3.63) is 83.5 Å². The van der Waals surface area contributed by atoms with Gasteiger partial charge in [-0.1, -0.05) is 36.4 Å². The molecule has 5 rings (SSSR count). The molecule has 0 unspecified atom stereocenters. The highest BCUT2D eigenvalue weighted by Gasteiger charge is 2.25. The first-order valence-corrected chi connectivity index (χ1v) is 11.2. The van der Waals surface area contributed by atoms with Crippen molar-refractivity contribution in [3.8, 4) is 5.75 Å². The summed E-state index contributed by atoms with van der Waals surface area (Å²) in [7, 11) is 0. The molecule has 0 bridgehead atoms. The lowest BCUT2D eigenvalue weighted by Gasteiger charge is -2.35.